The molecule has 6 atom stereocenters. The molecule has 8 rings (SSSR count). The molecule has 2 aromatic heterocycles. The molecule has 0 aliphatic heterocycles. The van der Waals surface area contributed by atoms with Gasteiger partial charge in [-0.25, -0.2) is 0 Å². The van der Waals surface area contributed by atoms with Gasteiger partial charge in [0.1, 0.15) is 18.1 Å². The lowest BCUT2D eigenvalue weighted by Gasteiger charge is -2.52. The van der Waals surface area contributed by atoms with E-state index < -0.39 is 0 Å². The van der Waals surface area contributed by atoms with Gasteiger partial charge in [-0.3, -0.25) is 0 Å². The van der Waals surface area contributed by atoms with Crippen LogP contribution in [0.25, 0.3) is 0 Å². The highest BCUT2D eigenvalue weighted by Crippen LogP contribution is 2.72. The van der Waals surface area contributed by atoms with Crippen LogP contribution in [0.2, 0.25) is 0 Å². The summed E-state index contributed by atoms with van der Waals surface area (Å²) in [6, 6.07) is 9.97. The summed E-state index contributed by atoms with van der Waals surface area (Å²) >= 11 is 0. The number of unbranched alkanes of at least 4 members (excludes halogenated alkanes) is 1. The maximum absolute atomic E-state index is 10.9. The van der Waals surface area contributed by atoms with Gasteiger partial charge in [0.15, 0.2) is 11.5 Å². The summed E-state index contributed by atoms with van der Waals surface area (Å²) < 4.78 is 12.6. The average Bonchev–Trinajstić information content (AvgIpc) is 3.93. The van der Waals surface area contributed by atoms with Crippen LogP contribution in [0.1, 0.15) is 136 Å². The number of phenolic OH excluding ortho intramolecular Hbond substituents is 1. The average molecular weight is 700 g/mol. The molecule has 5 aliphatic carbocycles. The van der Waals surface area contributed by atoms with E-state index in [0.717, 1.165) is 67.1 Å². The second kappa shape index (κ2) is 15.5. The molecule has 278 valence electrons. The van der Waals surface area contributed by atoms with Crippen LogP contribution in [0.5, 0.6) is 11.5 Å². The van der Waals surface area contributed by atoms with Crippen molar-refractivity contribution < 1.29 is 24.5 Å². The Morgan fingerprint density at radius 2 is 1.90 bits per heavy atom. The van der Waals surface area contributed by atoms with Gasteiger partial charge in [0.2, 0.25) is 0 Å². The van der Waals surface area contributed by atoms with Gasteiger partial charge in [-0.05, 0) is 104 Å². The smallest absolute Gasteiger partial charge is 0.161 e. The van der Waals surface area contributed by atoms with E-state index in [4.69, 9.17) is 9.15 Å². The Balaban J connectivity index is 1.12. The van der Waals surface area contributed by atoms with Crippen molar-refractivity contribution in [2.45, 2.75) is 128 Å². The Kier molecular flexibility index (Phi) is 11.1. The fourth-order valence-electron chi connectivity index (χ4n) is 10.7. The number of aromatic amines is 1. The molecule has 8 heteroatoms. The predicted octanol–water partition coefficient (Wildman–Crippen LogP) is 7.73. The van der Waals surface area contributed by atoms with Crippen molar-refractivity contribution in [1.82, 2.24) is 15.6 Å². The van der Waals surface area contributed by atoms with Crippen LogP contribution < -0.4 is 15.4 Å². The number of likely N-dealkylation sites (N-methyl/N-ethyl adjacent to an activating group) is 1. The largest absolute Gasteiger partial charge is 0.504 e. The first-order chi connectivity index (χ1) is 24.8. The second-order valence-corrected chi connectivity index (χ2v) is 16.1. The molecule has 2 fully saturated rings. The Bertz CT molecular complexity index is 1650. The first-order valence-corrected chi connectivity index (χ1v) is 20.0. The van der Waals surface area contributed by atoms with Crippen molar-refractivity contribution in [3.05, 3.63) is 82.1 Å². The quantitative estimate of drug-likeness (QED) is 0.0798. The fourth-order valence-corrected chi connectivity index (χ4v) is 10.7. The van der Waals surface area contributed by atoms with Gasteiger partial charge in [-0.1, -0.05) is 57.7 Å². The van der Waals surface area contributed by atoms with Gasteiger partial charge < -0.3 is 40.1 Å². The Morgan fingerprint density at radius 1 is 1.06 bits per heavy atom. The summed E-state index contributed by atoms with van der Waals surface area (Å²) in [6.07, 6.45) is 18.4. The minimum atomic E-state index is -0.375. The molecule has 2 heterocycles. The minimum Gasteiger partial charge on any atom is -0.504 e. The molecule has 6 unspecified atom stereocenters. The highest BCUT2D eigenvalue weighted by Gasteiger charge is 2.63. The van der Waals surface area contributed by atoms with Gasteiger partial charge in [-0.15, -0.1) is 0 Å². The number of nitrogens with one attached hydrogen (secondary N) is 3. The van der Waals surface area contributed by atoms with Crippen LogP contribution in [0.3, 0.4) is 0 Å². The van der Waals surface area contributed by atoms with Crippen molar-refractivity contribution in [1.29, 1.82) is 0 Å². The molecular weight excluding hydrogens is 638 g/mol. The monoisotopic (exact) mass is 699 g/mol. The van der Waals surface area contributed by atoms with Crippen LogP contribution in [0.4, 0.5) is 0 Å². The summed E-state index contributed by atoms with van der Waals surface area (Å²) in [6.45, 7) is 8.79. The van der Waals surface area contributed by atoms with Crippen LogP contribution in [-0.2, 0) is 25.9 Å². The number of benzene rings is 1. The molecular formula is C43H61N3O5. The van der Waals surface area contributed by atoms with E-state index in [9.17, 15) is 15.3 Å². The highest BCUT2D eigenvalue weighted by atomic mass is 16.5. The number of hydrogen-bond acceptors (Lipinski definition) is 7. The number of ether oxygens (including phenoxy) is 1. The van der Waals surface area contributed by atoms with E-state index in [1.807, 2.05) is 25.1 Å². The number of aromatic hydroxyl groups is 1. The molecule has 0 saturated heterocycles. The van der Waals surface area contributed by atoms with Gasteiger partial charge in [0.25, 0.3) is 0 Å². The number of phenols is 1. The van der Waals surface area contributed by atoms with E-state index >= 15 is 0 Å². The number of rotatable bonds is 17. The Hall–Kier alpha value is -3.04. The lowest BCUT2D eigenvalue weighted by molar-refractivity contribution is 0.0444. The minimum absolute atomic E-state index is 0.00331. The Labute approximate surface area is 304 Å². The van der Waals surface area contributed by atoms with E-state index in [1.54, 1.807) is 6.07 Å². The predicted molar refractivity (Wildman–Crippen MR) is 201 cm³/mol. The van der Waals surface area contributed by atoms with Crippen molar-refractivity contribution in [2.24, 2.45) is 16.7 Å². The van der Waals surface area contributed by atoms with Crippen molar-refractivity contribution >= 4 is 0 Å². The zero-order valence-electron chi connectivity index (χ0n) is 31.1. The first-order valence-electron chi connectivity index (χ1n) is 20.0. The maximum atomic E-state index is 10.9. The van der Waals surface area contributed by atoms with Crippen LogP contribution in [0, 0.1) is 16.7 Å². The van der Waals surface area contributed by atoms with Crippen molar-refractivity contribution in [3.63, 3.8) is 0 Å². The van der Waals surface area contributed by atoms with Gasteiger partial charge in [0.05, 0.1) is 18.8 Å². The maximum Gasteiger partial charge on any atom is 0.161 e. The summed E-state index contributed by atoms with van der Waals surface area (Å²) in [7, 11) is 0. The number of aliphatic hydroxyl groups excluding tert-OH is 2. The number of aromatic nitrogens is 1. The normalized spacial score (nSPS) is 25.6. The molecule has 3 aromatic rings. The molecule has 5 aliphatic rings. The van der Waals surface area contributed by atoms with Crippen molar-refractivity contribution in [3.8, 4) is 11.5 Å². The number of hydrogen-bond donors (Lipinski definition) is 6. The van der Waals surface area contributed by atoms with Gasteiger partial charge >= 0.3 is 0 Å². The third-order valence-electron chi connectivity index (χ3n) is 13.0. The highest BCUT2D eigenvalue weighted by molar-refractivity contribution is 5.47. The third-order valence-corrected chi connectivity index (χ3v) is 13.0. The Morgan fingerprint density at radius 3 is 2.67 bits per heavy atom. The summed E-state index contributed by atoms with van der Waals surface area (Å²) in [4.78, 5) is 4.02. The zero-order valence-corrected chi connectivity index (χ0v) is 31.1. The fraction of sp³-hybridized carbons (Fsp3) is 0.628. The number of furan rings is 1. The molecule has 6 N–H and O–H groups in total. The van der Waals surface area contributed by atoms with E-state index in [0.29, 0.717) is 48.5 Å². The lowest BCUT2D eigenvalue weighted by atomic mass is 9.52. The van der Waals surface area contributed by atoms with Gasteiger partial charge in [-0.2, -0.15) is 0 Å². The molecule has 51 heavy (non-hydrogen) atoms. The standard InChI is InChI=1S/C43H61N3O5/c1-4-6-10-38-30(26-47)22-31(51-38)14-12-29-13-15-37(49)39(21-29)50-27-36(45-5-2)35-23-32-34(25-44-24-28(3)48)43-19-9-11-40(43)42(17-7-8-18-42)33(16-20-43)41(32)46-35/h13,15-16,20-23,28,33-34,36,40,44-49H,4-12,14,17-19,24-27H2,1-3H3. The third kappa shape index (κ3) is 6.94. The zero-order chi connectivity index (χ0) is 35.6. The summed E-state index contributed by atoms with van der Waals surface area (Å²) in [5.41, 5.74) is 6.41. The molecule has 2 spiro atoms. The topological polar surface area (TPSA) is 123 Å². The van der Waals surface area contributed by atoms with Crippen LogP contribution >= 0.6 is 0 Å². The number of aliphatic hydroxyl groups is 2. The molecule has 0 radical (unpaired) electrons. The van der Waals surface area contributed by atoms with Crippen LogP contribution in [-0.4, -0.2) is 52.6 Å². The second-order valence-electron chi connectivity index (χ2n) is 16.1. The molecule has 2 saturated carbocycles. The SMILES string of the molecule is CCCCc1oc(CCc2ccc(O)c(OCC(NCC)c3cc4c([nH]3)C3C=CC5(CCCC5C35CCCC5)C4CNCC(C)O)c2)cc1CO. The van der Waals surface area contributed by atoms with Crippen molar-refractivity contribution in [2.75, 3.05) is 26.2 Å². The lowest BCUT2D eigenvalue weighted by Crippen LogP contribution is -2.46. The molecule has 8 nitrogen and oxygen atoms in total. The number of allylic oxidation sites excluding steroid dienone is 2. The first kappa shape index (κ1) is 36.3. The van der Waals surface area contributed by atoms with E-state index in [-0.39, 0.29) is 29.9 Å². The van der Waals surface area contributed by atoms with E-state index in [2.05, 4.69) is 47.7 Å². The molecule has 0 amide bonds. The van der Waals surface area contributed by atoms with E-state index in [1.165, 1.54) is 56.2 Å². The molecule has 1 aromatic carbocycles. The summed E-state index contributed by atoms with van der Waals surface area (Å²) in [5.74, 6) is 3.86. The van der Waals surface area contributed by atoms with Crippen LogP contribution in [0.15, 0.2) is 46.9 Å². The summed E-state index contributed by atoms with van der Waals surface area (Å²) in [5, 5.41) is 38.2. The molecule has 2 bridgehead atoms. The number of aryl methyl sites for hydroxylation is 3. The van der Waals surface area contributed by atoms with Gasteiger partial charge in [0, 0.05) is 54.7 Å². The number of H-pyrrole nitrogens is 1.